The topological polar surface area (TPSA) is 55.8 Å². The van der Waals surface area contributed by atoms with Crippen LogP contribution in [0.5, 0.6) is 0 Å². The van der Waals surface area contributed by atoms with Crippen molar-refractivity contribution in [3.8, 4) is 0 Å². The number of likely N-dealkylation sites (N-methyl/N-ethyl adjacent to an activating group) is 3. The summed E-state index contributed by atoms with van der Waals surface area (Å²) in [5.41, 5.74) is 0.311. The lowest BCUT2D eigenvalue weighted by Crippen LogP contribution is -2.57. The molecule has 5 nitrogen and oxygen atoms in total. The SMILES string of the molecule is CCNC(CCN(C)CC1(N(C)C)CCC1)C(=O)O. The van der Waals surface area contributed by atoms with E-state index in [0.717, 1.165) is 13.1 Å². The van der Waals surface area contributed by atoms with Crippen LogP contribution >= 0.6 is 0 Å². The summed E-state index contributed by atoms with van der Waals surface area (Å²) < 4.78 is 0. The lowest BCUT2D eigenvalue weighted by atomic mass is 9.75. The van der Waals surface area contributed by atoms with E-state index < -0.39 is 12.0 Å². The van der Waals surface area contributed by atoms with Crippen molar-refractivity contribution in [1.82, 2.24) is 15.1 Å². The number of carboxylic acids is 1. The van der Waals surface area contributed by atoms with Crippen molar-refractivity contribution in [2.24, 2.45) is 0 Å². The molecule has 19 heavy (non-hydrogen) atoms. The van der Waals surface area contributed by atoms with Crippen LogP contribution in [-0.2, 0) is 4.79 Å². The van der Waals surface area contributed by atoms with Crippen LogP contribution in [0, 0.1) is 0 Å². The Morgan fingerprint density at radius 1 is 1.37 bits per heavy atom. The van der Waals surface area contributed by atoms with Crippen molar-refractivity contribution >= 4 is 5.97 Å². The van der Waals surface area contributed by atoms with Gasteiger partial charge in [-0.25, -0.2) is 0 Å². The molecule has 0 saturated heterocycles. The molecule has 1 aliphatic carbocycles. The summed E-state index contributed by atoms with van der Waals surface area (Å²) >= 11 is 0. The zero-order chi connectivity index (χ0) is 14.5. The van der Waals surface area contributed by atoms with E-state index in [1.165, 1.54) is 19.3 Å². The molecule has 0 aromatic rings. The summed E-state index contributed by atoms with van der Waals surface area (Å²) in [6.45, 7) is 4.48. The predicted molar refractivity (Wildman–Crippen MR) is 77.5 cm³/mol. The zero-order valence-corrected chi connectivity index (χ0v) is 12.8. The molecule has 1 fully saturated rings. The van der Waals surface area contributed by atoms with E-state index in [2.05, 4.69) is 36.3 Å². The minimum absolute atomic E-state index is 0.311. The van der Waals surface area contributed by atoms with Gasteiger partial charge in [0.05, 0.1) is 0 Å². The fraction of sp³-hybridized carbons (Fsp3) is 0.929. The van der Waals surface area contributed by atoms with Crippen LogP contribution < -0.4 is 5.32 Å². The molecule has 0 spiro atoms. The molecule has 1 rings (SSSR count). The Balaban J connectivity index is 2.38. The second-order valence-electron chi connectivity index (χ2n) is 5.95. The third-order valence-electron chi connectivity index (χ3n) is 4.35. The average molecular weight is 271 g/mol. The standard InChI is InChI=1S/C14H29N3O2/c1-5-15-12(13(18)19)7-10-17(4)11-14(16(2)3)8-6-9-14/h12,15H,5-11H2,1-4H3,(H,18,19). The van der Waals surface area contributed by atoms with E-state index in [1.807, 2.05) is 6.92 Å². The summed E-state index contributed by atoms with van der Waals surface area (Å²) in [6.07, 6.45) is 4.46. The number of hydrogen-bond acceptors (Lipinski definition) is 4. The van der Waals surface area contributed by atoms with Gasteiger partial charge in [0.2, 0.25) is 0 Å². The number of nitrogens with zero attached hydrogens (tertiary/aromatic N) is 2. The fourth-order valence-corrected chi connectivity index (χ4v) is 2.82. The Labute approximate surface area is 117 Å². The summed E-state index contributed by atoms with van der Waals surface area (Å²) in [4.78, 5) is 15.7. The third-order valence-corrected chi connectivity index (χ3v) is 4.35. The van der Waals surface area contributed by atoms with E-state index >= 15 is 0 Å². The lowest BCUT2D eigenvalue weighted by Gasteiger charge is -2.49. The Morgan fingerprint density at radius 3 is 2.37 bits per heavy atom. The number of rotatable bonds is 9. The molecule has 5 heteroatoms. The van der Waals surface area contributed by atoms with Crippen molar-refractivity contribution in [2.75, 3.05) is 40.8 Å². The maximum Gasteiger partial charge on any atom is 0.320 e. The fourth-order valence-electron chi connectivity index (χ4n) is 2.82. The molecule has 0 aromatic heterocycles. The predicted octanol–water partition coefficient (Wildman–Crippen LogP) is 0.855. The highest BCUT2D eigenvalue weighted by Gasteiger charge is 2.39. The van der Waals surface area contributed by atoms with Crippen molar-refractivity contribution in [3.63, 3.8) is 0 Å². The van der Waals surface area contributed by atoms with Crippen molar-refractivity contribution in [2.45, 2.75) is 44.2 Å². The van der Waals surface area contributed by atoms with Gasteiger partial charge in [0.25, 0.3) is 0 Å². The first-order valence-electron chi connectivity index (χ1n) is 7.23. The van der Waals surface area contributed by atoms with Gasteiger partial charge in [-0.3, -0.25) is 4.79 Å². The molecule has 0 bridgehead atoms. The number of nitrogens with one attached hydrogen (secondary N) is 1. The van der Waals surface area contributed by atoms with Crippen LogP contribution in [0.25, 0.3) is 0 Å². The Bertz CT molecular complexity index is 290. The average Bonchev–Trinajstić information content (AvgIpc) is 2.28. The van der Waals surface area contributed by atoms with Gasteiger partial charge in [-0.05, 0) is 59.9 Å². The van der Waals surface area contributed by atoms with E-state index in [-0.39, 0.29) is 0 Å². The molecule has 0 heterocycles. The summed E-state index contributed by atoms with van der Waals surface area (Å²) in [7, 11) is 6.38. The minimum Gasteiger partial charge on any atom is -0.480 e. The highest BCUT2D eigenvalue weighted by molar-refractivity contribution is 5.73. The van der Waals surface area contributed by atoms with Crippen LogP contribution in [0.4, 0.5) is 0 Å². The van der Waals surface area contributed by atoms with E-state index in [9.17, 15) is 4.79 Å². The molecule has 112 valence electrons. The first kappa shape index (κ1) is 16.4. The monoisotopic (exact) mass is 271 g/mol. The van der Waals surface area contributed by atoms with E-state index in [1.54, 1.807) is 0 Å². The molecule has 2 N–H and O–H groups in total. The van der Waals surface area contributed by atoms with Crippen molar-refractivity contribution in [3.05, 3.63) is 0 Å². The van der Waals surface area contributed by atoms with Gasteiger partial charge in [0, 0.05) is 12.1 Å². The molecule has 1 aliphatic rings. The van der Waals surface area contributed by atoms with Gasteiger partial charge < -0.3 is 20.2 Å². The minimum atomic E-state index is -0.749. The van der Waals surface area contributed by atoms with Crippen LogP contribution in [0.1, 0.15) is 32.6 Å². The second-order valence-corrected chi connectivity index (χ2v) is 5.95. The molecular weight excluding hydrogens is 242 g/mol. The maximum absolute atomic E-state index is 11.1. The number of carbonyl (C=O) groups is 1. The van der Waals surface area contributed by atoms with Crippen molar-refractivity contribution in [1.29, 1.82) is 0 Å². The smallest absolute Gasteiger partial charge is 0.320 e. The zero-order valence-electron chi connectivity index (χ0n) is 12.8. The summed E-state index contributed by atoms with van der Waals surface area (Å²) in [5, 5.41) is 12.1. The maximum atomic E-state index is 11.1. The first-order chi connectivity index (χ1) is 8.91. The molecule has 1 atom stereocenters. The third kappa shape index (κ3) is 4.44. The number of aliphatic carboxylic acids is 1. The molecular formula is C14H29N3O2. The van der Waals surface area contributed by atoms with Gasteiger partial charge in [-0.1, -0.05) is 6.92 Å². The highest BCUT2D eigenvalue weighted by atomic mass is 16.4. The largest absolute Gasteiger partial charge is 0.480 e. The Kier molecular flexibility index (Phi) is 6.23. The second kappa shape index (κ2) is 7.22. The lowest BCUT2D eigenvalue weighted by molar-refractivity contribution is -0.139. The molecule has 1 unspecified atom stereocenters. The molecule has 0 radical (unpaired) electrons. The highest BCUT2D eigenvalue weighted by Crippen LogP contribution is 2.36. The molecule has 0 aromatic carbocycles. The molecule has 0 amide bonds. The normalized spacial score (nSPS) is 19.5. The van der Waals surface area contributed by atoms with Crippen LogP contribution in [0.15, 0.2) is 0 Å². The van der Waals surface area contributed by atoms with Crippen LogP contribution in [0.3, 0.4) is 0 Å². The van der Waals surface area contributed by atoms with Gasteiger partial charge in [-0.15, -0.1) is 0 Å². The molecule has 0 aliphatic heterocycles. The van der Waals surface area contributed by atoms with Gasteiger partial charge in [0.1, 0.15) is 6.04 Å². The van der Waals surface area contributed by atoms with E-state index in [4.69, 9.17) is 5.11 Å². The molecule has 1 saturated carbocycles. The number of carboxylic acid groups (broad SMARTS) is 1. The van der Waals surface area contributed by atoms with Gasteiger partial charge in [0.15, 0.2) is 0 Å². The quantitative estimate of drug-likeness (QED) is 0.651. The van der Waals surface area contributed by atoms with Gasteiger partial charge in [-0.2, -0.15) is 0 Å². The Hall–Kier alpha value is -0.650. The van der Waals surface area contributed by atoms with Crippen LogP contribution in [0.2, 0.25) is 0 Å². The van der Waals surface area contributed by atoms with Crippen LogP contribution in [-0.4, -0.2) is 73.2 Å². The van der Waals surface area contributed by atoms with Crippen molar-refractivity contribution < 1.29 is 9.90 Å². The number of hydrogen-bond donors (Lipinski definition) is 2. The summed E-state index contributed by atoms with van der Waals surface area (Å²) in [6, 6.07) is -0.427. The van der Waals surface area contributed by atoms with Gasteiger partial charge >= 0.3 is 5.97 Å². The first-order valence-corrected chi connectivity index (χ1v) is 7.23. The van der Waals surface area contributed by atoms with E-state index in [0.29, 0.717) is 18.5 Å². The Morgan fingerprint density at radius 2 is 2.00 bits per heavy atom. The summed E-state index contributed by atoms with van der Waals surface area (Å²) in [5.74, 6) is -0.749.